The molecule has 3 heterocycles. The number of amides is 3. The van der Waals surface area contributed by atoms with Crippen molar-refractivity contribution < 1.29 is 24.2 Å². The third-order valence-corrected chi connectivity index (χ3v) is 8.84. The first-order valence-corrected chi connectivity index (χ1v) is 13.6. The normalized spacial score (nSPS) is 32.2. The highest BCUT2D eigenvalue weighted by molar-refractivity contribution is 5.99. The summed E-state index contributed by atoms with van der Waals surface area (Å²) in [4.78, 5) is 43.4. The molecule has 2 aromatic carbocycles. The highest BCUT2D eigenvalue weighted by Crippen LogP contribution is 2.65. The summed E-state index contributed by atoms with van der Waals surface area (Å²) in [5, 5.41) is 16.5. The van der Waals surface area contributed by atoms with E-state index < -0.39 is 35.1 Å². The fourth-order valence-corrected chi connectivity index (χ4v) is 6.98. The molecule has 0 aliphatic carbocycles. The molecule has 3 unspecified atom stereocenters. The van der Waals surface area contributed by atoms with Crippen molar-refractivity contribution in [3.63, 3.8) is 0 Å². The smallest absolute Gasteiger partial charge is 0.246 e. The van der Waals surface area contributed by atoms with Gasteiger partial charge in [0.1, 0.15) is 11.6 Å². The molecule has 202 valence electrons. The van der Waals surface area contributed by atoms with Gasteiger partial charge in [-0.3, -0.25) is 14.4 Å². The first kappa shape index (κ1) is 26.4. The zero-order chi connectivity index (χ0) is 27.1. The third kappa shape index (κ3) is 4.01. The maximum atomic E-state index is 14.3. The molecule has 3 saturated heterocycles. The second-order valence-corrected chi connectivity index (χ2v) is 11.1. The third-order valence-electron chi connectivity index (χ3n) is 8.84. The number of nitrogens with one attached hydrogen (secondary N) is 2. The first-order valence-electron chi connectivity index (χ1n) is 13.6. The van der Waals surface area contributed by atoms with E-state index in [1.807, 2.05) is 81.4 Å². The van der Waals surface area contributed by atoms with Crippen LogP contribution in [0.3, 0.4) is 0 Å². The summed E-state index contributed by atoms with van der Waals surface area (Å²) in [6.45, 7) is 6.34. The molecule has 38 heavy (non-hydrogen) atoms. The Kier molecular flexibility index (Phi) is 7.05. The number of hydrogen-bond donors (Lipinski definition) is 3. The van der Waals surface area contributed by atoms with E-state index >= 15 is 0 Å². The lowest BCUT2D eigenvalue weighted by atomic mass is 9.62. The van der Waals surface area contributed by atoms with Gasteiger partial charge in [-0.05, 0) is 36.8 Å². The first-order chi connectivity index (χ1) is 18.3. The van der Waals surface area contributed by atoms with Gasteiger partial charge >= 0.3 is 0 Å². The molecule has 7 atom stereocenters. The number of likely N-dealkylation sites (tertiary alicyclic amines) is 1. The Hall–Kier alpha value is -3.23. The lowest BCUT2D eigenvalue weighted by Gasteiger charge is -2.37. The van der Waals surface area contributed by atoms with E-state index in [0.29, 0.717) is 19.5 Å². The fourth-order valence-electron chi connectivity index (χ4n) is 6.98. The minimum atomic E-state index is -1.16. The number of fused-ring (bicyclic) bond motifs is 1. The lowest BCUT2D eigenvalue weighted by Crippen LogP contribution is -2.56. The van der Waals surface area contributed by atoms with Crippen LogP contribution in [0.5, 0.6) is 0 Å². The van der Waals surface area contributed by atoms with Crippen LogP contribution in [0.15, 0.2) is 60.7 Å². The Morgan fingerprint density at radius 2 is 1.74 bits per heavy atom. The van der Waals surface area contributed by atoms with E-state index in [1.165, 1.54) is 4.90 Å². The quantitative estimate of drug-likeness (QED) is 0.472. The van der Waals surface area contributed by atoms with Gasteiger partial charge in [-0.2, -0.15) is 0 Å². The number of hydrogen-bond acceptors (Lipinski definition) is 5. The van der Waals surface area contributed by atoms with E-state index in [0.717, 1.165) is 17.5 Å². The zero-order valence-electron chi connectivity index (χ0n) is 22.2. The number of aliphatic hydroxyl groups excluding tert-OH is 1. The second-order valence-electron chi connectivity index (χ2n) is 11.1. The van der Waals surface area contributed by atoms with Crippen LogP contribution in [-0.4, -0.2) is 58.1 Å². The van der Waals surface area contributed by atoms with Crippen molar-refractivity contribution in [3.8, 4) is 0 Å². The van der Waals surface area contributed by atoms with Gasteiger partial charge in [0.25, 0.3) is 0 Å². The molecule has 8 heteroatoms. The van der Waals surface area contributed by atoms with Crippen molar-refractivity contribution in [1.29, 1.82) is 0 Å². The SMILES string of the molecule is CCCNC(=O)[C@H]1[C@H]2C(=O)N([C@H](CO)c3ccccc3)C(C(=O)NCc3ccccc3)C23CC(C)[C@]1(C)O3. The molecule has 1 spiro atoms. The number of carbonyl (C=O) groups excluding carboxylic acids is 3. The topological polar surface area (TPSA) is 108 Å². The lowest BCUT2D eigenvalue weighted by molar-refractivity contribution is -0.151. The van der Waals surface area contributed by atoms with Gasteiger partial charge in [0.15, 0.2) is 0 Å². The van der Waals surface area contributed by atoms with Crippen LogP contribution in [0.2, 0.25) is 0 Å². The summed E-state index contributed by atoms with van der Waals surface area (Å²) in [7, 11) is 0. The Labute approximate surface area is 223 Å². The van der Waals surface area contributed by atoms with Crippen LogP contribution in [0.25, 0.3) is 0 Å². The number of ether oxygens (including phenoxy) is 1. The van der Waals surface area contributed by atoms with Gasteiger partial charge in [-0.25, -0.2) is 0 Å². The Bertz CT molecular complexity index is 1190. The van der Waals surface area contributed by atoms with Gasteiger partial charge in [0.05, 0.1) is 30.1 Å². The van der Waals surface area contributed by atoms with Crippen LogP contribution in [0, 0.1) is 17.8 Å². The monoisotopic (exact) mass is 519 g/mol. The van der Waals surface area contributed by atoms with Crippen LogP contribution >= 0.6 is 0 Å². The minimum Gasteiger partial charge on any atom is -0.394 e. The van der Waals surface area contributed by atoms with Gasteiger partial charge < -0.3 is 25.4 Å². The standard InChI is InChI=1S/C30H37N3O5/c1-4-15-31-26(35)23-24-28(37)33(22(18-34)21-13-9-6-10-14-21)25(30(24)16-19(2)29(23,3)38-30)27(36)32-17-20-11-7-5-8-12-20/h5-14,19,22-25,34H,4,15-18H2,1-3H3,(H,31,35)(H,32,36)/t19?,22-,23-,24+,25?,29+,30?/m1/s1. The molecular formula is C30H37N3O5. The molecule has 3 fully saturated rings. The average Bonchev–Trinajstić information content (AvgIpc) is 3.44. The molecule has 0 saturated carbocycles. The van der Waals surface area contributed by atoms with Gasteiger partial charge in [-0.15, -0.1) is 0 Å². The van der Waals surface area contributed by atoms with Crippen molar-refractivity contribution >= 4 is 17.7 Å². The number of carbonyl (C=O) groups is 3. The number of nitrogens with zero attached hydrogens (tertiary/aromatic N) is 1. The van der Waals surface area contributed by atoms with Crippen molar-refractivity contribution in [2.75, 3.05) is 13.2 Å². The summed E-state index contributed by atoms with van der Waals surface area (Å²) < 4.78 is 6.75. The molecule has 0 radical (unpaired) electrons. The fraction of sp³-hybridized carbons (Fsp3) is 0.500. The van der Waals surface area contributed by atoms with Crippen LogP contribution < -0.4 is 10.6 Å². The number of benzene rings is 2. The summed E-state index contributed by atoms with van der Waals surface area (Å²) in [5.74, 6) is -2.46. The molecule has 2 bridgehead atoms. The minimum absolute atomic E-state index is 0.0439. The number of rotatable bonds is 9. The van der Waals surface area contributed by atoms with E-state index in [1.54, 1.807) is 0 Å². The molecule has 3 amide bonds. The van der Waals surface area contributed by atoms with Gasteiger partial charge in [0.2, 0.25) is 17.7 Å². The molecule has 3 aliphatic heterocycles. The second kappa shape index (κ2) is 10.2. The largest absolute Gasteiger partial charge is 0.394 e. The molecule has 8 nitrogen and oxygen atoms in total. The summed E-state index contributed by atoms with van der Waals surface area (Å²) in [6, 6.07) is 17.1. The predicted molar refractivity (Wildman–Crippen MR) is 141 cm³/mol. The maximum absolute atomic E-state index is 14.3. The van der Waals surface area contributed by atoms with Crippen molar-refractivity contribution in [2.45, 2.75) is 63.4 Å². The summed E-state index contributed by atoms with van der Waals surface area (Å²) >= 11 is 0. The van der Waals surface area contributed by atoms with Crippen LogP contribution in [0.1, 0.15) is 50.8 Å². The van der Waals surface area contributed by atoms with E-state index in [4.69, 9.17) is 4.74 Å². The van der Waals surface area contributed by atoms with Crippen LogP contribution in [0.4, 0.5) is 0 Å². The van der Waals surface area contributed by atoms with E-state index in [9.17, 15) is 19.5 Å². The zero-order valence-corrected chi connectivity index (χ0v) is 22.2. The summed E-state index contributed by atoms with van der Waals surface area (Å²) in [5.41, 5.74) is -0.380. The van der Waals surface area contributed by atoms with Crippen molar-refractivity contribution in [1.82, 2.24) is 15.5 Å². The Morgan fingerprint density at radius 3 is 2.37 bits per heavy atom. The molecule has 3 aliphatic rings. The molecule has 2 aromatic rings. The van der Waals surface area contributed by atoms with Crippen molar-refractivity contribution in [2.24, 2.45) is 17.8 Å². The summed E-state index contributed by atoms with van der Waals surface area (Å²) in [6.07, 6.45) is 1.25. The molecule has 5 rings (SSSR count). The average molecular weight is 520 g/mol. The van der Waals surface area contributed by atoms with Crippen molar-refractivity contribution in [3.05, 3.63) is 71.8 Å². The van der Waals surface area contributed by atoms with Gasteiger partial charge in [0, 0.05) is 13.1 Å². The molecule has 3 N–H and O–H groups in total. The highest BCUT2D eigenvalue weighted by atomic mass is 16.5. The van der Waals surface area contributed by atoms with Gasteiger partial charge in [-0.1, -0.05) is 74.5 Å². The molecule has 0 aromatic heterocycles. The van der Waals surface area contributed by atoms with Crippen LogP contribution in [-0.2, 0) is 25.7 Å². The Morgan fingerprint density at radius 1 is 1.08 bits per heavy atom. The Balaban J connectivity index is 1.57. The highest BCUT2D eigenvalue weighted by Gasteiger charge is 2.80. The maximum Gasteiger partial charge on any atom is 0.246 e. The predicted octanol–water partition coefficient (Wildman–Crippen LogP) is 2.57. The van der Waals surface area contributed by atoms with E-state index in [2.05, 4.69) is 10.6 Å². The number of aliphatic hydroxyl groups is 1. The molecular weight excluding hydrogens is 482 g/mol. The van der Waals surface area contributed by atoms with E-state index in [-0.39, 0.29) is 30.2 Å².